The summed E-state index contributed by atoms with van der Waals surface area (Å²) < 4.78 is 4.92. The lowest BCUT2D eigenvalue weighted by Crippen LogP contribution is -2.52. The molecule has 2 N–H and O–H groups in total. The fourth-order valence-electron chi connectivity index (χ4n) is 3.62. The Kier molecular flexibility index (Phi) is 7.10. The average molecular weight is 299 g/mol. The molecule has 0 saturated heterocycles. The number of ether oxygens (including phenoxy) is 1. The predicted octanol–water partition coefficient (Wildman–Crippen LogP) is 1.32. The average Bonchev–Trinajstić information content (AvgIpc) is 2.80. The third-order valence-corrected chi connectivity index (χ3v) is 4.86. The van der Waals surface area contributed by atoms with Crippen LogP contribution >= 0.6 is 0 Å². The van der Waals surface area contributed by atoms with E-state index in [4.69, 9.17) is 10.5 Å². The molecule has 0 aromatic rings. The monoisotopic (exact) mass is 299 g/mol. The molecule has 0 aromatic carbocycles. The summed E-state index contributed by atoms with van der Waals surface area (Å²) in [5.74, 6) is -0.0000513. The Balaban J connectivity index is 2.57. The lowest BCUT2D eigenvalue weighted by molar-refractivity contribution is -0.148. The van der Waals surface area contributed by atoms with E-state index < -0.39 is 5.54 Å². The quantitative estimate of drug-likeness (QED) is 0.685. The van der Waals surface area contributed by atoms with E-state index in [-0.39, 0.29) is 11.9 Å². The molecule has 0 bridgehead atoms. The van der Waals surface area contributed by atoms with Gasteiger partial charge in [0, 0.05) is 12.6 Å². The molecule has 0 radical (unpaired) electrons. The Bertz CT molecular complexity index is 335. The summed E-state index contributed by atoms with van der Waals surface area (Å²) >= 11 is 0. The largest absolute Gasteiger partial charge is 0.468 e. The molecule has 124 valence electrons. The van der Waals surface area contributed by atoms with Crippen LogP contribution in [0, 0.1) is 5.92 Å². The number of hydrogen-bond acceptors (Lipinski definition) is 5. The Morgan fingerprint density at radius 1 is 1.48 bits per heavy atom. The highest BCUT2D eigenvalue weighted by atomic mass is 16.5. The van der Waals surface area contributed by atoms with Gasteiger partial charge in [-0.15, -0.1) is 0 Å². The summed E-state index contributed by atoms with van der Waals surface area (Å²) in [6.07, 6.45) is 3.78. The zero-order valence-corrected chi connectivity index (χ0v) is 14.4. The van der Waals surface area contributed by atoms with E-state index in [1.165, 1.54) is 7.11 Å². The second-order valence-electron chi connectivity index (χ2n) is 6.65. The zero-order valence-electron chi connectivity index (χ0n) is 14.4. The molecule has 1 aliphatic rings. The van der Waals surface area contributed by atoms with E-state index in [2.05, 4.69) is 37.7 Å². The van der Waals surface area contributed by atoms with Gasteiger partial charge in [0.25, 0.3) is 0 Å². The van der Waals surface area contributed by atoms with Crippen molar-refractivity contribution in [3.8, 4) is 0 Å². The molecule has 0 heterocycles. The predicted molar refractivity (Wildman–Crippen MR) is 86.2 cm³/mol. The van der Waals surface area contributed by atoms with Crippen molar-refractivity contribution in [3.63, 3.8) is 0 Å². The number of esters is 1. The Hall–Kier alpha value is -0.650. The fraction of sp³-hybridized carbons (Fsp3) is 0.938. The summed E-state index contributed by atoms with van der Waals surface area (Å²) in [4.78, 5) is 16.7. The minimum Gasteiger partial charge on any atom is -0.468 e. The van der Waals surface area contributed by atoms with E-state index in [0.29, 0.717) is 6.04 Å². The fourth-order valence-corrected chi connectivity index (χ4v) is 3.62. The molecule has 21 heavy (non-hydrogen) atoms. The standard InChI is InChI=1S/C16H33N3O2/c1-6-19(13(2)12-18(3)4)11-9-14-8-7-10-16(14,17)15(20)21-5/h13-14H,6-12,17H2,1-5H3. The van der Waals surface area contributed by atoms with Gasteiger partial charge < -0.3 is 15.4 Å². The maximum absolute atomic E-state index is 12.0. The van der Waals surface area contributed by atoms with Crippen LogP contribution in [0.2, 0.25) is 0 Å². The Labute approximate surface area is 129 Å². The maximum atomic E-state index is 12.0. The van der Waals surface area contributed by atoms with Crippen LogP contribution in [-0.4, -0.2) is 68.2 Å². The molecule has 1 saturated carbocycles. The first-order chi connectivity index (χ1) is 9.85. The first-order valence-corrected chi connectivity index (χ1v) is 8.11. The Morgan fingerprint density at radius 2 is 2.14 bits per heavy atom. The Morgan fingerprint density at radius 3 is 2.67 bits per heavy atom. The van der Waals surface area contributed by atoms with Crippen LogP contribution in [0.25, 0.3) is 0 Å². The SMILES string of the molecule is CCN(CCC1CCCC1(N)C(=O)OC)C(C)CN(C)C. The number of nitrogens with two attached hydrogens (primary N) is 1. The minimum atomic E-state index is -0.765. The van der Waals surface area contributed by atoms with Gasteiger partial charge in [-0.05, 0) is 59.3 Å². The summed E-state index contributed by atoms with van der Waals surface area (Å²) in [7, 11) is 5.64. The van der Waals surface area contributed by atoms with Crippen molar-refractivity contribution in [2.45, 2.75) is 51.1 Å². The van der Waals surface area contributed by atoms with Crippen molar-refractivity contribution in [2.75, 3.05) is 40.8 Å². The number of hydrogen-bond donors (Lipinski definition) is 1. The summed E-state index contributed by atoms with van der Waals surface area (Å²) in [6, 6.07) is 0.511. The molecule has 1 fully saturated rings. The minimum absolute atomic E-state index is 0.241. The van der Waals surface area contributed by atoms with Crippen molar-refractivity contribution in [2.24, 2.45) is 11.7 Å². The van der Waals surface area contributed by atoms with Crippen molar-refractivity contribution in [1.29, 1.82) is 0 Å². The molecule has 0 spiro atoms. The number of rotatable bonds is 8. The van der Waals surface area contributed by atoms with Crippen LogP contribution in [0.1, 0.15) is 39.5 Å². The van der Waals surface area contributed by atoms with Crippen LogP contribution in [0.15, 0.2) is 0 Å². The summed E-state index contributed by atoms with van der Waals surface area (Å²) in [5.41, 5.74) is 5.58. The maximum Gasteiger partial charge on any atom is 0.326 e. The summed E-state index contributed by atoms with van der Waals surface area (Å²) in [5, 5.41) is 0. The van der Waals surface area contributed by atoms with E-state index in [0.717, 1.165) is 45.3 Å². The van der Waals surface area contributed by atoms with Gasteiger partial charge >= 0.3 is 5.97 Å². The van der Waals surface area contributed by atoms with Gasteiger partial charge in [-0.1, -0.05) is 13.3 Å². The van der Waals surface area contributed by atoms with Crippen molar-refractivity contribution >= 4 is 5.97 Å². The lowest BCUT2D eigenvalue weighted by atomic mass is 9.85. The van der Waals surface area contributed by atoms with Gasteiger partial charge in [-0.25, -0.2) is 0 Å². The van der Waals surface area contributed by atoms with E-state index in [1.54, 1.807) is 0 Å². The molecule has 0 aromatic heterocycles. The van der Waals surface area contributed by atoms with E-state index in [9.17, 15) is 4.79 Å². The van der Waals surface area contributed by atoms with Gasteiger partial charge in [0.1, 0.15) is 5.54 Å². The van der Waals surface area contributed by atoms with Crippen LogP contribution < -0.4 is 5.73 Å². The molecular formula is C16H33N3O2. The third kappa shape index (κ3) is 4.66. The van der Waals surface area contributed by atoms with Gasteiger partial charge in [0.2, 0.25) is 0 Å². The number of nitrogens with zero attached hydrogens (tertiary/aromatic N) is 2. The summed E-state index contributed by atoms with van der Waals surface area (Å²) in [6.45, 7) is 7.51. The number of carbonyl (C=O) groups excluding carboxylic acids is 1. The molecule has 5 heteroatoms. The first kappa shape index (κ1) is 18.4. The van der Waals surface area contributed by atoms with Crippen molar-refractivity contribution in [1.82, 2.24) is 9.80 Å². The zero-order chi connectivity index (χ0) is 16.0. The lowest BCUT2D eigenvalue weighted by Gasteiger charge is -2.33. The highest BCUT2D eigenvalue weighted by molar-refractivity contribution is 5.81. The molecule has 3 atom stereocenters. The van der Waals surface area contributed by atoms with Crippen LogP contribution in [0.5, 0.6) is 0 Å². The van der Waals surface area contributed by atoms with Gasteiger partial charge in [0.05, 0.1) is 7.11 Å². The first-order valence-electron chi connectivity index (χ1n) is 8.11. The molecule has 0 amide bonds. The molecule has 5 nitrogen and oxygen atoms in total. The molecular weight excluding hydrogens is 266 g/mol. The smallest absolute Gasteiger partial charge is 0.326 e. The van der Waals surface area contributed by atoms with Crippen LogP contribution in [0.3, 0.4) is 0 Å². The van der Waals surface area contributed by atoms with Gasteiger partial charge in [-0.3, -0.25) is 9.69 Å². The van der Waals surface area contributed by atoms with Gasteiger partial charge in [-0.2, -0.15) is 0 Å². The third-order valence-electron chi connectivity index (χ3n) is 4.86. The number of carbonyl (C=O) groups is 1. The highest BCUT2D eigenvalue weighted by Gasteiger charge is 2.46. The molecule has 0 aliphatic heterocycles. The normalized spacial score (nSPS) is 27.3. The molecule has 1 rings (SSSR count). The second-order valence-corrected chi connectivity index (χ2v) is 6.65. The van der Waals surface area contributed by atoms with Crippen molar-refractivity contribution in [3.05, 3.63) is 0 Å². The van der Waals surface area contributed by atoms with Gasteiger partial charge in [0.15, 0.2) is 0 Å². The number of likely N-dealkylation sites (N-methyl/N-ethyl adjacent to an activating group) is 2. The van der Waals surface area contributed by atoms with Crippen LogP contribution in [0.4, 0.5) is 0 Å². The second kappa shape index (κ2) is 8.11. The van der Waals surface area contributed by atoms with E-state index in [1.807, 2.05) is 0 Å². The van der Waals surface area contributed by atoms with E-state index >= 15 is 0 Å². The van der Waals surface area contributed by atoms with Crippen LogP contribution in [-0.2, 0) is 9.53 Å². The van der Waals surface area contributed by atoms with Crippen molar-refractivity contribution < 1.29 is 9.53 Å². The topological polar surface area (TPSA) is 58.8 Å². The molecule has 3 unspecified atom stereocenters. The highest BCUT2D eigenvalue weighted by Crippen LogP contribution is 2.37. The molecule has 1 aliphatic carbocycles. The number of methoxy groups -OCH3 is 1.